The Labute approximate surface area is 132 Å². The number of fused-ring (bicyclic) bond motifs is 3. The Hall–Kier alpha value is -0.900. The van der Waals surface area contributed by atoms with Gasteiger partial charge in [0.15, 0.2) is 0 Å². The van der Waals surface area contributed by atoms with Gasteiger partial charge < -0.3 is 10.0 Å². The lowest BCUT2D eigenvalue weighted by molar-refractivity contribution is -0.106. The molecule has 0 saturated carbocycles. The summed E-state index contributed by atoms with van der Waals surface area (Å²) in [5.41, 5.74) is 4.49. The van der Waals surface area contributed by atoms with Crippen molar-refractivity contribution in [1.82, 2.24) is 9.80 Å². The fourth-order valence-electron chi connectivity index (χ4n) is 5.60. The van der Waals surface area contributed by atoms with Gasteiger partial charge in [0.2, 0.25) is 0 Å². The van der Waals surface area contributed by atoms with E-state index in [1.54, 1.807) is 0 Å². The van der Waals surface area contributed by atoms with Gasteiger partial charge in [-0.2, -0.15) is 0 Å². The van der Waals surface area contributed by atoms with E-state index in [0.717, 1.165) is 18.9 Å². The number of benzene rings is 1. The van der Waals surface area contributed by atoms with E-state index in [1.807, 2.05) is 0 Å². The number of nitrogens with zero attached hydrogens (tertiary/aromatic N) is 2. The molecule has 1 aliphatic carbocycles. The van der Waals surface area contributed by atoms with Gasteiger partial charge in [0.25, 0.3) is 0 Å². The summed E-state index contributed by atoms with van der Waals surface area (Å²) in [7, 11) is 0. The SMILES string of the molecule is OC1C2CCCc3cccc(c32)CN1C1CN2CCC1CC2. The number of aliphatic hydroxyl groups excluding tert-OH is 1. The van der Waals surface area contributed by atoms with Crippen LogP contribution in [0.1, 0.15) is 48.3 Å². The van der Waals surface area contributed by atoms with Crippen LogP contribution in [0.3, 0.4) is 0 Å². The fourth-order valence-corrected chi connectivity index (χ4v) is 5.60. The monoisotopic (exact) mass is 298 g/mol. The highest BCUT2D eigenvalue weighted by Gasteiger charge is 2.44. The van der Waals surface area contributed by atoms with Crippen LogP contribution in [-0.2, 0) is 13.0 Å². The maximum absolute atomic E-state index is 11.1. The molecule has 118 valence electrons. The van der Waals surface area contributed by atoms with Crippen molar-refractivity contribution < 1.29 is 5.11 Å². The largest absolute Gasteiger partial charge is 0.378 e. The summed E-state index contributed by atoms with van der Waals surface area (Å²) >= 11 is 0. The van der Waals surface area contributed by atoms with E-state index in [1.165, 1.54) is 62.0 Å². The third-order valence-corrected chi connectivity index (χ3v) is 6.72. The Morgan fingerprint density at radius 1 is 1.05 bits per heavy atom. The molecule has 3 fully saturated rings. The van der Waals surface area contributed by atoms with E-state index in [2.05, 4.69) is 28.0 Å². The molecule has 3 saturated heterocycles. The molecule has 0 spiro atoms. The zero-order valence-electron chi connectivity index (χ0n) is 13.2. The quantitative estimate of drug-likeness (QED) is 0.862. The number of piperidine rings is 3. The summed E-state index contributed by atoms with van der Waals surface area (Å²) in [6.45, 7) is 4.67. The van der Waals surface area contributed by atoms with E-state index < -0.39 is 0 Å². The lowest BCUT2D eigenvalue weighted by Crippen LogP contribution is -2.61. The molecule has 6 rings (SSSR count). The third-order valence-electron chi connectivity index (χ3n) is 6.72. The molecule has 1 aromatic rings. The Kier molecular flexibility index (Phi) is 3.11. The van der Waals surface area contributed by atoms with Crippen molar-refractivity contribution in [3.05, 3.63) is 34.9 Å². The normalized spacial score (nSPS) is 40.5. The maximum atomic E-state index is 11.1. The molecule has 3 atom stereocenters. The molecule has 0 amide bonds. The minimum atomic E-state index is -0.264. The van der Waals surface area contributed by atoms with E-state index in [-0.39, 0.29) is 6.23 Å². The Morgan fingerprint density at radius 3 is 2.64 bits per heavy atom. The molecule has 1 aromatic carbocycles. The second-order valence-corrected chi connectivity index (χ2v) is 7.78. The number of aliphatic hydroxyl groups is 1. The first-order chi connectivity index (χ1) is 10.8. The maximum Gasteiger partial charge on any atom is 0.114 e. The lowest BCUT2D eigenvalue weighted by atomic mass is 9.74. The van der Waals surface area contributed by atoms with Crippen LogP contribution in [0.5, 0.6) is 0 Å². The summed E-state index contributed by atoms with van der Waals surface area (Å²) in [6.07, 6.45) is 5.97. The van der Waals surface area contributed by atoms with Gasteiger partial charge >= 0.3 is 0 Å². The van der Waals surface area contributed by atoms with Crippen LogP contribution in [0.25, 0.3) is 0 Å². The zero-order valence-corrected chi connectivity index (χ0v) is 13.2. The van der Waals surface area contributed by atoms with Gasteiger partial charge in [0.05, 0.1) is 0 Å². The number of aryl methyl sites for hydroxylation is 1. The van der Waals surface area contributed by atoms with Crippen molar-refractivity contribution in [1.29, 1.82) is 0 Å². The molecule has 5 aliphatic rings. The molecule has 4 heterocycles. The van der Waals surface area contributed by atoms with Gasteiger partial charge in [-0.05, 0) is 67.8 Å². The van der Waals surface area contributed by atoms with Crippen LogP contribution in [-0.4, -0.2) is 46.8 Å². The summed E-state index contributed by atoms with van der Waals surface area (Å²) in [6, 6.07) is 7.37. The second kappa shape index (κ2) is 5.05. The summed E-state index contributed by atoms with van der Waals surface area (Å²) in [4.78, 5) is 5.06. The molecule has 0 radical (unpaired) electrons. The molecule has 4 aliphatic heterocycles. The second-order valence-electron chi connectivity index (χ2n) is 7.78. The molecule has 3 unspecified atom stereocenters. The van der Waals surface area contributed by atoms with E-state index in [9.17, 15) is 5.11 Å². The minimum absolute atomic E-state index is 0.264. The highest BCUT2D eigenvalue weighted by molar-refractivity contribution is 5.42. The van der Waals surface area contributed by atoms with Crippen molar-refractivity contribution in [3.8, 4) is 0 Å². The average Bonchev–Trinajstić information content (AvgIpc) is 2.59. The van der Waals surface area contributed by atoms with Gasteiger partial charge in [-0.25, -0.2) is 0 Å². The van der Waals surface area contributed by atoms with Gasteiger partial charge in [-0.1, -0.05) is 18.2 Å². The Bertz CT molecular complexity index is 579. The molecule has 3 heteroatoms. The number of rotatable bonds is 1. The van der Waals surface area contributed by atoms with Crippen molar-refractivity contribution in [3.63, 3.8) is 0 Å². The van der Waals surface area contributed by atoms with Crippen molar-refractivity contribution >= 4 is 0 Å². The molecular weight excluding hydrogens is 272 g/mol. The van der Waals surface area contributed by atoms with E-state index in [0.29, 0.717) is 12.0 Å². The summed E-state index contributed by atoms with van der Waals surface area (Å²) in [5, 5.41) is 11.1. The molecule has 2 bridgehead atoms. The van der Waals surface area contributed by atoms with Crippen molar-refractivity contribution in [2.45, 2.75) is 56.8 Å². The number of hydrogen-bond acceptors (Lipinski definition) is 3. The Balaban J connectivity index is 1.51. The first kappa shape index (κ1) is 13.5. The van der Waals surface area contributed by atoms with Crippen LogP contribution >= 0.6 is 0 Å². The molecular formula is C19H26N2O. The van der Waals surface area contributed by atoms with Crippen molar-refractivity contribution in [2.75, 3.05) is 19.6 Å². The molecule has 0 aromatic heterocycles. The average molecular weight is 298 g/mol. The highest BCUT2D eigenvalue weighted by Crippen LogP contribution is 2.44. The predicted octanol–water partition coefficient (Wildman–Crippen LogP) is 2.33. The molecule has 22 heavy (non-hydrogen) atoms. The van der Waals surface area contributed by atoms with Gasteiger partial charge in [-0.3, -0.25) is 4.90 Å². The fraction of sp³-hybridized carbons (Fsp3) is 0.684. The van der Waals surface area contributed by atoms with E-state index >= 15 is 0 Å². The third kappa shape index (κ3) is 1.92. The van der Waals surface area contributed by atoms with Gasteiger partial charge in [-0.15, -0.1) is 0 Å². The summed E-state index contributed by atoms with van der Waals surface area (Å²) in [5.74, 6) is 1.15. The van der Waals surface area contributed by atoms with Gasteiger partial charge in [0.1, 0.15) is 6.23 Å². The standard InChI is InChI=1S/C19H26N2O/c22-19-16-6-2-4-14-3-1-5-15(18(14)16)11-21(19)17-12-20-9-7-13(17)8-10-20/h1,3,5,13,16-17,19,22H,2,4,6-12H2. The van der Waals surface area contributed by atoms with Crippen LogP contribution in [0.2, 0.25) is 0 Å². The van der Waals surface area contributed by atoms with Crippen LogP contribution < -0.4 is 0 Å². The predicted molar refractivity (Wildman–Crippen MR) is 86.6 cm³/mol. The summed E-state index contributed by atoms with van der Waals surface area (Å²) < 4.78 is 0. The topological polar surface area (TPSA) is 26.7 Å². The number of hydrogen-bond donors (Lipinski definition) is 1. The lowest BCUT2D eigenvalue weighted by Gasteiger charge is -2.53. The van der Waals surface area contributed by atoms with Crippen LogP contribution in [0.4, 0.5) is 0 Å². The van der Waals surface area contributed by atoms with Gasteiger partial charge in [0, 0.05) is 25.0 Å². The molecule has 3 nitrogen and oxygen atoms in total. The van der Waals surface area contributed by atoms with Crippen LogP contribution in [0, 0.1) is 5.92 Å². The smallest absolute Gasteiger partial charge is 0.114 e. The minimum Gasteiger partial charge on any atom is -0.378 e. The van der Waals surface area contributed by atoms with E-state index in [4.69, 9.17) is 0 Å². The van der Waals surface area contributed by atoms with Crippen molar-refractivity contribution in [2.24, 2.45) is 5.92 Å². The molecule has 1 N–H and O–H groups in total. The zero-order chi connectivity index (χ0) is 14.7. The first-order valence-electron chi connectivity index (χ1n) is 9.08. The first-order valence-corrected chi connectivity index (χ1v) is 9.08. The highest BCUT2D eigenvalue weighted by atomic mass is 16.3. The van der Waals surface area contributed by atoms with Crippen LogP contribution in [0.15, 0.2) is 18.2 Å². The Morgan fingerprint density at radius 2 is 1.86 bits per heavy atom.